The lowest BCUT2D eigenvalue weighted by atomic mass is 10.1. The molecular weight excluding hydrogens is 332 g/mol. The van der Waals surface area contributed by atoms with Crippen LogP contribution in [0.2, 0.25) is 0 Å². The van der Waals surface area contributed by atoms with E-state index in [1.54, 1.807) is 24.3 Å². The minimum atomic E-state index is -0.566. The Morgan fingerprint density at radius 3 is 2.58 bits per heavy atom. The Balaban J connectivity index is 1.88. The summed E-state index contributed by atoms with van der Waals surface area (Å²) >= 11 is 0. The van der Waals surface area contributed by atoms with Crippen molar-refractivity contribution in [2.45, 2.75) is 6.42 Å². The molecule has 0 saturated heterocycles. The number of amides is 2. The maximum absolute atomic E-state index is 11.9. The van der Waals surface area contributed by atoms with Gasteiger partial charge in [-0.05, 0) is 35.8 Å². The third-order valence-corrected chi connectivity index (χ3v) is 3.54. The molecule has 2 aromatic rings. The number of nitrogens with two attached hydrogens (primary N) is 1. The molecule has 2 amide bonds. The second-order valence-electron chi connectivity index (χ2n) is 5.53. The molecule has 0 saturated carbocycles. The molecule has 0 aliphatic carbocycles. The first-order valence-corrected chi connectivity index (χ1v) is 8.17. The first-order chi connectivity index (χ1) is 12.6. The topological polar surface area (TPSA) is 90.7 Å². The fraction of sp³-hybridized carbons (Fsp3) is 0.200. The highest BCUT2D eigenvalue weighted by Gasteiger charge is 2.06. The number of primary amides is 1. The lowest BCUT2D eigenvalue weighted by Gasteiger charge is -2.10. The Hall–Kier alpha value is -3.28. The summed E-state index contributed by atoms with van der Waals surface area (Å²) in [6.07, 6.45) is 3.92. The van der Waals surface area contributed by atoms with Crippen LogP contribution in [0.3, 0.4) is 0 Å². The van der Waals surface area contributed by atoms with Crippen LogP contribution in [-0.4, -0.2) is 32.1 Å². The minimum absolute atomic E-state index is 0.172. The number of hydrogen-bond donors (Lipinski definition) is 2. The van der Waals surface area contributed by atoms with E-state index in [2.05, 4.69) is 5.32 Å². The first kappa shape index (κ1) is 19.1. The maximum atomic E-state index is 11.9. The summed E-state index contributed by atoms with van der Waals surface area (Å²) in [5.74, 6) is 0.130. The summed E-state index contributed by atoms with van der Waals surface area (Å²) in [5.41, 5.74) is 7.00. The van der Waals surface area contributed by atoms with Crippen LogP contribution in [0.25, 0.3) is 6.08 Å². The molecule has 0 atom stereocenters. The molecule has 0 spiro atoms. The zero-order valence-electron chi connectivity index (χ0n) is 14.6. The van der Waals surface area contributed by atoms with Crippen LogP contribution in [0, 0.1) is 0 Å². The van der Waals surface area contributed by atoms with E-state index in [1.165, 1.54) is 18.7 Å². The number of carbonyl (C=O) groups excluding carboxylic acids is 2. The van der Waals surface area contributed by atoms with Crippen LogP contribution in [0.1, 0.15) is 11.1 Å². The van der Waals surface area contributed by atoms with E-state index in [1.807, 2.05) is 30.3 Å². The van der Waals surface area contributed by atoms with E-state index < -0.39 is 5.91 Å². The fourth-order valence-electron chi connectivity index (χ4n) is 2.26. The van der Waals surface area contributed by atoms with Crippen LogP contribution in [0.4, 0.5) is 0 Å². The van der Waals surface area contributed by atoms with Gasteiger partial charge in [-0.1, -0.05) is 36.4 Å². The van der Waals surface area contributed by atoms with Crippen LogP contribution < -0.4 is 20.5 Å². The Bertz CT molecular complexity index is 773. The Kier molecular flexibility index (Phi) is 7.24. The molecule has 0 aromatic heterocycles. The first-order valence-electron chi connectivity index (χ1n) is 8.17. The molecule has 26 heavy (non-hydrogen) atoms. The fourth-order valence-corrected chi connectivity index (χ4v) is 2.26. The SMILES string of the molecule is COc1cc(/C=C/C(=O)NCCc2ccccc2)ccc1OCC(N)=O. The largest absolute Gasteiger partial charge is 0.493 e. The molecule has 6 nitrogen and oxygen atoms in total. The van der Waals surface area contributed by atoms with Gasteiger partial charge in [0, 0.05) is 12.6 Å². The van der Waals surface area contributed by atoms with Crippen molar-refractivity contribution in [3.05, 3.63) is 65.7 Å². The van der Waals surface area contributed by atoms with Crippen LogP contribution in [0.15, 0.2) is 54.6 Å². The van der Waals surface area contributed by atoms with E-state index in [0.717, 1.165) is 12.0 Å². The molecule has 0 heterocycles. The van der Waals surface area contributed by atoms with Gasteiger partial charge < -0.3 is 20.5 Å². The molecule has 0 aliphatic rings. The van der Waals surface area contributed by atoms with Crippen LogP contribution in [0.5, 0.6) is 11.5 Å². The molecule has 0 bridgehead atoms. The number of methoxy groups -OCH3 is 1. The van der Waals surface area contributed by atoms with E-state index in [4.69, 9.17) is 15.2 Å². The van der Waals surface area contributed by atoms with Crippen molar-refractivity contribution < 1.29 is 19.1 Å². The smallest absolute Gasteiger partial charge is 0.255 e. The van der Waals surface area contributed by atoms with Gasteiger partial charge in [0.1, 0.15) is 0 Å². The number of ether oxygens (including phenoxy) is 2. The maximum Gasteiger partial charge on any atom is 0.255 e. The van der Waals surface area contributed by atoms with Gasteiger partial charge in [-0.3, -0.25) is 9.59 Å². The summed E-state index contributed by atoms with van der Waals surface area (Å²) < 4.78 is 10.5. The summed E-state index contributed by atoms with van der Waals surface area (Å²) in [4.78, 5) is 22.7. The predicted molar refractivity (Wildman–Crippen MR) is 99.9 cm³/mol. The second-order valence-corrected chi connectivity index (χ2v) is 5.53. The number of carbonyl (C=O) groups is 2. The predicted octanol–water partition coefficient (Wildman–Crippen LogP) is 1.93. The second kappa shape index (κ2) is 9.88. The van der Waals surface area contributed by atoms with Crippen molar-refractivity contribution in [2.24, 2.45) is 5.73 Å². The van der Waals surface area contributed by atoms with Crippen LogP contribution in [-0.2, 0) is 16.0 Å². The van der Waals surface area contributed by atoms with Gasteiger partial charge in [0.15, 0.2) is 18.1 Å². The van der Waals surface area contributed by atoms with E-state index in [9.17, 15) is 9.59 Å². The summed E-state index contributed by atoms with van der Waals surface area (Å²) in [6, 6.07) is 15.1. The third kappa shape index (κ3) is 6.32. The van der Waals surface area contributed by atoms with Crippen molar-refractivity contribution in [1.29, 1.82) is 0 Å². The highest BCUT2D eigenvalue weighted by molar-refractivity contribution is 5.91. The van der Waals surface area contributed by atoms with E-state index in [0.29, 0.717) is 18.0 Å². The van der Waals surface area contributed by atoms with Crippen molar-refractivity contribution in [1.82, 2.24) is 5.32 Å². The number of nitrogens with one attached hydrogen (secondary N) is 1. The molecular formula is C20H22N2O4. The monoisotopic (exact) mass is 354 g/mol. The van der Waals surface area contributed by atoms with Crippen molar-refractivity contribution in [3.8, 4) is 11.5 Å². The van der Waals surface area contributed by atoms with E-state index in [-0.39, 0.29) is 12.5 Å². The lowest BCUT2D eigenvalue weighted by molar-refractivity contribution is -0.120. The van der Waals surface area contributed by atoms with Gasteiger partial charge in [0.25, 0.3) is 5.91 Å². The summed E-state index contributed by atoms with van der Waals surface area (Å²) in [6.45, 7) is 0.339. The quantitative estimate of drug-likeness (QED) is 0.673. The minimum Gasteiger partial charge on any atom is -0.493 e. The Morgan fingerprint density at radius 1 is 1.12 bits per heavy atom. The molecule has 0 unspecified atom stereocenters. The molecule has 2 rings (SSSR count). The normalized spacial score (nSPS) is 10.5. The molecule has 136 valence electrons. The zero-order valence-corrected chi connectivity index (χ0v) is 14.6. The zero-order chi connectivity index (χ0) is 18.8. The highest BCUT2D eigenvalue weighted by atomic mass is 16.5. The average molecular weight is 354 g/mol. The molecule has 2 aromatic carbocycles. The van der Waals surface area contributed by atoms with Crippen molar-refractivity contribution >= 4 is 17.9 Å². The van der Waals surface area contributed by atoms with Gasteiger partial charge in [-0.15, -0.1) is 0 Å². The van der Waals surface area contributed by atoms with Gasteiger partial charge >= 0.3 is 0 Å². The highest BCUT2D eigenvalue weighted by Crippen LogP contribution is 2.28. The van der Waals surface area contributed by atoms with Crippen molar-refractivity contribution in [2.75, 3.05) is 20.3 Å². The molecule has 6 heteroatoms. The molecule has 0 aliphatic heterocycles. The van der Waals surface area contributed by atoms with E-state index >= 15 is 0 Å². The number of rotatable bonds is 9. The number of benzene rings is 2. The molecule has 0 radical (unpaired) electrons. The average Bonchev–Trinajstić information content (AvgIpc) is 2.65. The van der Waals surface area contributed by atoms with Crippen LogP contribution >= 0.6 is 0 Å². The molecule has 3 N–H and O–H groups in total. The summed E-state index contributed by atoms with van der Waals surface area (Å²) in [7, 11) is 1.50. The van der Waals surface area contributed by atoms with Gasteiger partial charge in [0.2, 0.25) is 5.91 Å². The van der Waals surface area contributed by atoms with Gasteiger partial charge in [-0.25, -0.2) is 0 Å². The standard InChI is InChI=1S/C20H22N2O4/c1-25-18-13-16(7-9-17(18)26-14-19(21)23)8-10-20(24)22-12-11-15-5-3-2-4-6-15/h2-10,13H,11-12,14H2,1H3,(H2,21,23)(H,22,24)/b10-8+. The Labute approximate surface area is 152 Å². The van der Waals surface area contributed by atoms with Gasteiger partial charge in [-0.2, -0.15) is 0 Å². The Morgan fingerprint density at radius 2 is 1.88 bits per heavy atom. The molecule has 0 fully saturated rings. The number of hydrogen-bond acceptors (Lipinski definition) is 4. The third-order valence-electron chi connectivity index (χ3n) is 3.54. The summed E-state index contributed by atoms with van der Waals surface area (Å²) in [5, 5.41) is 2.84. The lowest BCUT2D eigenvalue weighted by Crippen LogP contribution is -2.23. The van der Waals surface area contributed by atoms with Crippen molar-refractivity contribution in [3.63, 3.8) is 0 Å². The van der Waals surface area contributed by atoms with Gasteiger partial charge in [0.05, 0.1) is 7.11 Å².